The molecule has 0 aromatic heterocycles. The lowest BCUT2D eigenvalue weighted by Crippen LogP contribution is -2.45. The first-order valence-corrected chi connectivity index (χ1v) is 6.75. The van der Waals surface area contributed by atoms with Crippen LogP contribution >= 0.6 is 0 Å². The maximum Gasteiger partial charge on any atom is 0.337 e. The summed E-state index contributed by atoms with van der Waals surface area (Å²) in [5, 5.41) is 9.12. The molecule has 20 heavy (non-hydrogen) atoms. The molecule has 0 radical (unpaired) electrons. The largest absolute Gasteiger partial charge is 0.478 e. The van der Waals surface area contributed by atoms with Crippen molar-refractivity contribution in [1.29, 1.82) is 0 Å². The quantitative estimate of drug-likeness (QED) is 0.793. The fourth-order valence-electron chi connectivity index (χ4n) is 2.82. The van der Waals surface area contributed by atoms with Crippen LogP contribution in [-0.2, 0) is 9.47 Å². The summed E-state index contributed by atoms with van der Waals surface area (Å²) in [5.41, 5.74) is 6.99. The number of anilines is 2. The molecule has 0 aliphatic carbocycles. The summed E-state index contributed by atoms with van der Waals surface area (Å²) >= 11 is 0. The van der Waals surface area contributed by atoms with Crippen molar-refractivity contribution in [3.63, 3.8) is 0 Å². The van der Waals surface area contributed by atoms with Crippen molar-refractivity contribution in [2.45, 2.75) is 18.6 Å². The Kier molecular flexibility index (Phi) is 3.27. The van der Waals surface area contributed by atoms with E-state index in [1.165, 1.54) is 0 Å². The average Bonchev–Trinajstić information content (AvgIpc) is 2.88. The molecule has 2 aliphatic heterocycles. The second-order valence-corrected chi connectivity index (χ2v) is 5.17. The number of nitrogens with zero attached hydrogens (tertiary/aromatic N) is 1. The molecule has 0 bridgehead atoms. The molecule has 0 atom stereocenters. The van der Waals surface area contributed by atoms with Crippen LogP contribution in [0.3, 0.4) is 0 Å². The maximum absolute atomic E-state index is 11.1. The highest BCUT2D eigenvalue weighted by Gasteiger charge is 2.39. The minimum Gasteiger partial charge on any atom is -0.478 e. The van der Waals surface area contributed by atoms with E-state index in [1.54, 1.807) is 12.1 Å². The Morgan fingerprint density at radius 1 is 1.25 bits per heavy atom. The van der Waals surface area contributed by atoms with Gasteiger partial charge in [0.15, 0.2) is 5.79 Å². The number of ether oxygens (including phenoxy) is 2. The van der Waals surface area contributed by atoms with Gasteiger partial charge in [-0.3, -0.25) is 0 Å². The normalized spacial score (nSPS) is 21.3. The van der Waals surface area contributed by atoms with Crippen LogP contribution in [0.5, 0.6) is 0 Å². The van der Waals surface area contributed by atoms with Gasteiger partial charge in [-0.15, -0.1) is 0 Å². The van der Waals surface area contributed by atoms with Gasteiger partial charge in [-0.05, 0) is 18.2 Å². The molecule has 1 spiro atoms. The molecule has 2 heterocycles. The molecule has 0 amide bonds. The zero-order chi connectivity index (χ0) is 14.2. The average molecular weight is 278 g/mol. The van der Waals surface area contributed by atoms with E-state index in [2.05, 4.69) is 4.90 Å². The number of hydrogen-bond donors (Lipinski definition) is 2. The molecule has 0 unspecified atom stereocenters. The zero-order valence-corrected chi connectivity index (χ0v) is 11.2. The first-order valence-electron chi connectivity index (χ1n) is 6.75. The van der Waals surface area contributed by atoms with Gasteiger partial charge < -0.3 is 25.2 Å². The molecule has 2 fully saturated rings. The summed E-state index contributed by atoms with van der Waals surface area (Å²) in [7, 11) is 0. The van der Waals surface area contributed by atoms with Gasteiger partial charge in [0.05, 0.1) is 18.8 Å². The molecule has 0 saturated carbocycles. The third-order valence-corrected chi connectivity index (χ3v) is 3.97. The van der Waals surface area contributed by atoms with E-state index < -0.39 is 11.8 Å². The third-order valence-electron chi connectivity index (χ3n) is 3.97. The Bertz CT molecular complexity index is 516. The number of rotatable bonds is 2. The monoisotopic (exact) mass is 278 g/mol. The Morgan fingerprint density at radius 3 is 2.50 bits per heavy atom. The number of aromatic carboxylic acids is 1. The number of carboxylic acid groups (broad SMARTS) is 1. The molecular weight excluding hydrogens is 260 g/mol. The van der Waals surface area contributed by atoms with E-state index in [1.807, 2.05) is 6.07 Å². The number of benzene rings is 1. The smallest absolute Gasteiger partial charge is 0.337 e. The number of piperidine rings is 1. The Hall–Kier alpha value is -1.79. The Morgan fingerprint density at radius 2 is 1.90 bits per heavy atom. The van der Waals surface area contributed by atoms with Crippen molar-refractivity contribution in [2.24, 2.45) is 0 Å². The SMILES string of the molecule is Nc1ccc(N2CCC3(CC2)OCCO3)cc1C(=O)O. The molecule has 1 aromatic carbocycles. The van der Waals surface area contributed by atoms with Crippen molar-refractivity contribution < 1.29 is 19.4 Å². The number of carbonyl (C=O) groups is 1. The van der Waals surface area contributed by atoms with Crippen molar-refractivity contribution in [1.82, 2.24) is 0 Å². The topological polar surface area (TPSA) is 85.0 Å². The fraction of sp³-hybridized carbons (Fsp3) is 0.500. The molecule has 108 valence electrons. The lowest BCUT2D eigenvalue weighted by molar-refractivity contribution is -0.169. The van der Waals surface area contributed by atoms with Crippen LogP contribution in [0.15, 0.2) is 18.2 Å². The van der Waals surface area contributed by atoms with Gasteiger partial charge in [0, 0.05) is 37.3 Å². The highest BCUT2D eigenvalue weighted by molar-refractivity contribution is 5.94. The van der Waals surface area contributed by atoms with Crippen LogP contribution in [-0.4, -0.2) is 43.2 Å². The van der Waals surface area contributed by atoms with Crippen molar-refractivity contribution in [2.75, 3.05) is 36.9 Å². The van der Waals surface area contributed by atoms with Crippen LogP contribution < -0.4 is 10.6 Å². The van der Waals surface area contributed by atoms with Gasteiger partial charge in [0.1, 0.15) is 0 Å². The predicted molar refractivity (Wildman–Crippen MR) is 73.9 cm³/mol. The number of nitrogens with two attached hydrogens (primary N) is 1. The molecule has 2 saturated heterocycles. The molecule has 3 N–H and O–H groups in total. The standard InChI is InChI=1S/C14H18N2O4/c15-12-2-1-10(9-11(12)13(17)18)16-5-3-14(4-6-16)19-7-8-20-14/h1-2,9H,3-8,15H2,(H,17,18). The van der Waals surface area contributed by atoms with Gasteiger partial charge in [-0.2, -0.15) is 0 Å². The number of hydrogen-bond acceptors (Lipinski definition) is 5. The summed E-state index contributed by atoms with van der Waals surface area (Å²) in [6, 6.07) is 5.13. The highest BCUT2D eigenvalue weighted by Crippen LogP contribution is 2.33. The van der Waals surface area contributed by atoms with E-state index in [0.29, 0.717) is 13.2 Å². The highest BCUT2D eigenvalue weighted by atomic mass is 16.7. The van der Waals surface area contributed by atoms with Crippen molar-refractivity contribution >= 4 is 17.3 Å². The van der Waals surface area contributed by atoms with Crippen molar-refractivity contribution in [3.8, 4) is 0 Å². The van der Waals surface area contributed by atoms with Crippen molar-refractivity contribution in [3.05, 3.63) is 23.8 Å². The third kappa shape index (κ3) is 2.32. The maximum atomic E-state index is 11.1. The van der Waals surface area contributed by atoms with E-state index >= 15 is 0 Å². The van der Waals surface area contributed by atoms with E-state index in [9.17, 15) is 4.79 Å². The molecule has 2 aliphatic rings. The molecule has 6 nitrogen and oxygen atoms in total. The van der Waals surface area contributed by atoms with Crippen LogP contribution in [0.25, 0.3) is 0 Å². The second-order valence-electron chi connectivity index (χ2n) is 5.17. The van der Waals surface area contributed by atoms with Crippen LogP contribution in [0.4, 0.5) is 11.4 Å². The lowest BCUT2D eigenvalue weighted by Gasteiger charge is -2.38. The molecular formula is C14H18N2O4. The molecule has 3 rings (SSSR count). The summed E-state index contributed by atoms with van der Waals surface area (Å²) in [6.07, 6.45) is 1.58. The van der Waals surface area contributed by atoms with Crippen LogP contribution in [0.1, 0.15) is 23.2 Å². The Balaban J connectivity index is 1.75. The zero-order valence-electron chi connectivity index (χ0n) is 11.2. The van der Waals surface area contributed by atoms with Gasteiger partial charge in [0.2, 0.25) is 0 Å². The van der Waals surface area contributed by atoms with E-state index in [-0.39, 0.29) is 11.3 Å². The van der Waals surface area contributed by atoms with Crippen LogP contribution in [0, 0.1) is 0 Å². The predicted octanol–water partition coefficient (Wildman–Crippen LogP) is 1.31. The van der Waals surface area contributed by atoms with Gasteiger partial charge in [-0.25, -0.2) is 4.79 Å². The first kappa shape index (κ1) is 13.2. The van der Waals surface area contributed by atoms with E-state index in [4.69, 9.17) is 20.3 Å². The second kappa shape index (κ2) is 4.96. The molecule has 6 heteroatoms. The summed E-state index contributed by atoms with van der Waals surface area (Å²) in [6.45, 7) is 2.88. The van der Waals surface area contributed by atoms with E-state index in [0.717, 1.165) is 31.6 Å². The van der Waals surface area contributed by atoms with Gasteiger partial charge >= 0.3 is 5.97 Å². The minimum atomic E-state index is -1.000. The fourth-order valence-corrected chi connectivity index (χ4v) is 2.82. The van der Waals surface area contributed by atoms with Crippen LogP contribution in [0.2, 0.25) is 0 Å². The first-order chi connectivity index (χ1) is 9.60. The Labute approximate surface area is 117 Å². The number of carboxylic acids is 1. The van der Waals surface area contributed by atoms with Gasteiger partial charge in [0.25, 0.3) is 0 Å². The lowest BCUT2D eigenvalue weighted by atomic mass is 10.0. The molecule has 1 aromatic rings. The van der Waals surface area contributed by atoms with Gasteiger partial charge in [-0.1, -0.05) is 0 Å². The summed E-state index contributed by atoms with van der Waals surface area (Å²) in [4.78, 5) is 13.3. The minimum absolute atomic E-state index is 0.149. The number of nitrogen functional groups attached to an aromatic ring is 1. The summed E-state index contributed by atoms with van der Waals surface area (Å²) < 4.78 is 11.4. The summed E-state index contributed by atoms with van der Waals surface area (Å²) in [5.74, 6) is -1.42.